The highest BCUT2D eigenvalue weighted by atomic mass is 16.6. The number of nitrogens with zero attached hydrogens (tertiary/aromatic N) is 1. The lowest BCUT2D eigenvalue weighted by Crippen LogP contribution is -2.06. The summed E-state index contributed by atoms with van der Waals surface area (Å²) in [5, 5.41) is 13.7. The van der Waals surface area contributed by atoms with Gasteiger partial charge in [-0.25, -0.2) is 4.79 Å². The molecule has 3 rings (SSSR count). The number of aromatic amines is 1. The standard InChI is InChI=1S/C18H17N3O5.C2H6/c1-4-26-18(23)16-9(2)15(19-10(16)3)8-13-12-7-11(21(24)25)5-6-14(12)20-17(13)22;1-2/h5-8,19H,4H2,1-3H3,(H,20,22);1-2H3/b13-8-;. The lowest BCUT2D eigenvalue weighted by atomic mass is 10.0. The molecule has 8 heteroatoms. The first kappa shape index (κ1) is 20.9. The number of aromatic nitrogens is 1. The van der Waals surface area contributed by atoms with Gasteiger partial charge in [0, 0.05) is 34.8 Å². The summed E-state index contributed by atoms with van der Waals surface area (Å²) in [6.45, 7) is 9.49. The first-order chi connectivity index (χ1) is 13.3. The Morgan fingerprint density at radius 3 is 2.57 bits per heavy atom. The fraction of sp³-hybridized carbons (Fsp3) is 0.300. The van der Waals surface area contributed by atoms with E-state index in [9.17, 15) is 19.7 Å². The quantitative estimate of drug-likeness (QED) is 0.354. The number of nitro groups is 1. The number of nitro benzene ring substituents is 1. The molecule has 1 aromatic carbocycles. The van der Waals surface area contributed by atoms with E-state index in [0.717, 1.165) is 0 Å². The molecule has 28 heavy (non-hydrogen) atoms. The summed E-state index contributed by atoms with van der Waals surface area (Å²) in [5.74, 6) is -0.792. The number of ether oxygens (including phenoxy) is 1. The summed E-state index contributed by atoms with van der Waals surface area (Å²) in [5.41, 5.74) is 3.45. The van der Waals surface area contributed by atoms with Gasteiger partial charge in [-0.2, -0.15) is 0 Å². The van der Waals surface area contributed by atoms with E-state index in [1.54, 1.807) is 26.8 Å². The van der Waals surface area contributed by atoms with E-state index in [0.29, 0.717) is 39.3 Å². The van der Waals surface area contributed by atoms with Crippen LogP contribution in [-0.2, 0) is 9.53 Å². The Labute approximate surface area is 162 Å². The van der Waals surface area contributed by atoms with E-state index >= 15 is 0 Å². The van der Waals surface area contributed by atoms with Crippen LogP contribution < -0.4 is 5.32 Å². The molecule has 0 unspecified atom stereocenters. The minimum atomic E-state index is -0.510. The molecule has 0 radical (unpaired) electrons. The Hall–Kier alpha value is -3.42. The number of esters is 1. The van der Waals surface area contributed by atoms with E-state index in [1.807, 2.05) is 13.8 Å². The van der Waals surface area contributed by atoms with Crippen molar-refractivity contribution in [2.75, 3.05) is 11.9 Å². The predicted octanol–water partition coefficient (Wildman–Crippen LogP) is 4.24. The lowest BCUT2D eigenvalue weighted by molar-refractivity contribution is -0.384. The average Bonchev–Trinajstić information content (AvgIpc) is 3.12. The second-order valence-electron chi connectivity index (χ2n) is 5.88. The van der Waals surface area contributed by atoms with Gasteiger partial charge in [0.05, 0.1) is 22.7 Å². The zero-order valence-electron chi connectivity index (χ0n) is 16.5. The summed E-state index contributed by atoms with van der Waals surface area (Å²) in [7, 11) is 0. The SMILES string of the molecule is CC.CCOC(=O)c1c(C)[nH]c(/C=C2\C(=O)Nc3ccc([N+](=O)[O-])cc32)c1C. The zero-order valence-corrected chi connectivity index (χ0v) is 16.5. The van der Waals surface area contributed by atoms with Crippen LogP contribution in [0.5, 0.6) is 0 Å². The third kappa shape index (κ3) is 3.80. The summed E-state index contributed by atoms with van der Waals surface area (Å²) in [6, 6.07) is 4.20. The van der Waals surface area contributed by atoms with Crippen LogP contribution in [-0.4, -0.2) is 28.4 Å². The molecule has 148 valence electrons. The fourth-order valence-corrected chi connectivity index (χ4v) is 3.01. The fourth-order valence-electron chi connectivity index (χ4n) is 3.01. The molecule has 0 bridgehead atoms. The van der Waals surface area contributed by atoms with Gasteiger partial charge in [0.2, 0.25) is 0 Å². The Kier molecular flexibility index (Phi) is 6.35. The van der Waals surface area contributed by atoms with Crippen molar-refractivity contribution in [3.05, 3.63) is 56.4 Å². The van der Waals surface area contributed by atoms with Crippen molar-refractivity contribution in [2.45, 2.75) is 34.6 Å². The molecule has 0 fully saturated rings. The number of carbonyl (C=O) groups is 2. The Bertz CT molecular complexity index is 972. The summed E-state index contributed by atoms with van der Waals surface area (Å²) < 4.78 is 5.06. The van der Waals surface area contributed by atoms with Crippen molar-refractivity contribution >= 4 is 34.9 Å². The minimum Gasteiger partial charge on any atom is -0.462 e. The molecule has 0 atom stereocenters. The van der Waals surface area contributed by atoms with E-state index in [4.69, 9.17) is 4.74 Å². The largest absolute Gasteiger partial charge is 0.462 e. The number of carbonyl (C=O) groups excluding carboxylic acids is 2. The molecule has 2 N–H and O–H groups in total. The molecule has 1 amide bonds. The van der Waals surface area contributed by atoms with Crippen LogP contribution in [0.4, 0.5) is 11.4 Å². The summed E-state index contributed by atoms with van der Waals surface area (Å²) >= 11 is 0. The first-order valence-electron chi connectivity index (χ1n) is 9.01. The van der Waals surface area contributed by atoms with Crippen LogP contribution in [0.2, 0.25) is 0 Å². The van der Waals surface area contributed by atoms with Crippen molar-refractivity contribution in [3.8, 4) is 0 Å². The third-order valence-corrected chi connectivity index (χ3v) is 4.24. The molecular formula is C20H23N3O5. The van der Waals surface area contributed by atoms with E-state index in [-0.39, 0.29) is 18.2 Å². The van der Waals surface area contributed by atoms with E-state index in [1.165, 1.54) is 18.2 Å². The number of fused-ring (bicyclic) bond motifs is 1. The monoisotopic (exact) mass is 385 g/mol. The number of nitrogens with one attached hydrogen (secondary N) is 2. The van der Waals surface area contributed by atoms with Crippen molar-refractivity contribution in [1.29, 1.82) is 0 Å². The van der Waals surface area contributed by atoms with Gasteiger partial charge in [-0.3, -0.25) is 14.9 Å². The van der Waals surface area contributed by atoms with Gasteiger partial charge in [-0.05, 0) is 38.5 Å². The normalized spacial score (nSPS) is 13.5. The van der Waals surface area contributed by atoms with Gasteiger partial charge in [0.1, 0.15) is 0 Å². The number of hydrogen-bond donors (Lipinski definition) is 2. The molecule has 8 nitrogen and oxygen atoms in total. The highest BCUT2D eigenvalue weighted by molar-refractivity contribution is 6.35. The molecule has 2 heterocycles. The topological polar surface area (TPSA) is 114 Å². The molecule has 1 aromatic heterocycles. The number of aryl methyl sites for hydroxylation is 1. The van der Waals surface area contributed by atoms with Crippen LogP contribution in [0.25, 0.3) is 11.6 Å². The average molecular weight is 385 g/mol. The van der Waals surface area contributed by atoms with Gasteiger partial charge in [0.15, 0.2) is 0 Å². The number of H-pyrrole nitrogens is 1. The second-order valence-corrected chi connectivity index (χ2v) is 5.88. The van der Waals surface area contributed by atoms with Crippen LogP contribution in [0.1, 0.15) is 53.6 Å². The molecule has 0 spiro atoms. The number of amides is 1. The maximum Gasteiger partial charge on any atom is 0.340 e. The number of non-ortho nitro benzene ring substituents is 1. The maximum atomic E-state index is 12.3. The smallest absolute Gasteiger partial charge is 0.340 e. The molecule has 1 aliphatic heterocycles. The first-order valence-corrected chi connectivity index (χ1v) is 9.01. The van der Waals surface area contributed by atoms with Crippen LogP contribution in [0.3, 0.4) is 0 Å². The van der Waals surface area contributed by atoms with E-state index in [2.05, 4.69) is 10.3 Å². The van der Waals surface area contributed by atoms with Crippen LogP contribution >= 0.6 is 0 Å². The molecule has 0 saturated carbocycles. The van der Waals surface area contributed by atoms with Crippen LogP contribution in [0.15, 0.2) is 18.2 Å². The summed E-state index contributed by atoms with van der Waals surface area (Å²) in [6.07, 6.45) is 1.59. The number of rotatable bonds is 4. The van der Waals surface area contributed by atoms with Gasteiger partial charge in [0.25, 0.3) is 11.6 Å². The van der Waals surface area contributed by atoms with E-state index < -0.39 is 10.9 Å². The Morgan fingerprint density at radius 1 is 1.29 bits per heavy atom. The van der Waals surface area contributed by atoms with Gasteiger partial charge in [-0.1, -0.05) is 13.8 Å². The molecule has 1 aliphatic rings. The maximum absolute atomic E-state index is 12.3. The van der Waals surface area contributed by atoms with Crippen molar-refractivity contribution in [3.63, 3.8) is 0 Å². The van der Waals surface area contributed by atoms with Crippen molar-refractivity contribution in [1.82, 2.24) is 4.98 Å². The minimum absolute atomic E-state index is 0.0993. The highest BCUT2D eigenvalue weighted by Crippen LogP contribution is 2.36. The number of hydrogen-bond acceptors (Lipinski definition) is 5. The van der Waals surface area contributed by atoms with Crippen LogP contribution in [0, 0.1) is 24.0 Å². The van der Waals surface area contributed by atoms with Crippen molar-refractivity contribution in [2.24, 2.45) is 0 Å². The number of benzene rings is 1. The van der Waals surface area contributed by atoms with Gasteiger partial charge in [-0.15, -0.1) is 0 Å². The molecule has 0 aliphatic carbocycles. The molecule has 0 saturated heterocycles. The lowest BCUT2D eigenvalue weighted by Gasteiger charge is -2.02. The molecular weight excluding hydrogens is 362 g/mol. The van der Waals surface area contributed by atoms with Crippen molar-refractivity contribution < 1.29 is 19.2 Å². The zero-order chi connectivity index (χ0) is 21.0. The second kappa shape index (κ2) is 8.51. The summed E-state index contributed by atoms with van der Waals surface area (Å²) in [4.78, 5) is 38.0. The number of anilines is 1. The van der Waals surface area contributed by atoms with Gasteiger partial charge >= 0.3 is 5.97 Å². The van der Waals surface area contributed by atoms with Gasteiger partial charge < -0.3 is 15.0 Å². The molecule has 2 aromatic rings. The highest BCUT2D eigenvalue weighted by Gasteiger charge is 2.27. The Balaban J connectivity index is 0.00000136. The Morgan fingerprint density at radius 2 is 1.96 bits per heavy atom. The predicted molar refractivity (Wildman–Crippen MR) is 107 cm³/mol. The third-order valence-electron chi connectivity index (χ3n) is 4.24.